The summed E-state index contributed by atoms with van der Waals surface area (Å²) in [5.74, 6) is -1.17. The van der Waals surface area contributed by atoms with Gasteiger partial charge in [0.05, 0.1) is 0 Å². The average molecular weight is 416 g/mol. The number of benzene rings is 1. The van der Waals surface area contributed by atoms with Crippen molar-refractivity contribution < 1.29 is 24.2 Å². The third-order valence-corrected chi connectivity index (χ3v) is 4.19. The third-order valence-electron chi connectivity index (χ3n) is 4.19. The zero-order valence-corrected chi connectivity index (χ0v) is 18.1. The van der Waals surface area contributed by atoms with Gasteiger partial charge >= 0.3 is 12.1 Å². The van der Waals surface area contributed by atoms with Crippen LogP contribution in [0.5, 0.6) is 0 Å². The highest BCUT2D eigenvalue weighted by Crippen LogP contribution is 2.28. The van der Waals surface area contributed by atoms with Gasteiger partial charge in [0.2, 0.25) is 5.91 Å². The summed E-state index contributed by atoms with van der Waals surface area (Å²) in [5.41, 5.74) is 0.173. The van der Waals surface area contributed by atoms with Crippen LogP contribution in [0.25, 0.3) is 11.1 Å². The van der Waals surface area contributed by atoms with Crippen LogP contribution in [0.1, 0.15) is 40.2 Å². The number of nitrogens with zero attached hydrogens (tertiary/aromatic N) is 2. The van der Waals surface area contributed by atoms with Crippen molar-refractivity contribution in [2.45, 2.75) is 52.2 Å². The maximum atomic E-state index is 12.1. The van der Waals surface area contributed by atoms with E-state index in [1.165, 1.54) is 13.8 Å². The van der Waals surface area contributed by atoms with Gasteiger partial charge in [-0.25, -0.2) is 9.59 Å². The number of hydrogen-bond acceptors (Lipinski definition) is 5. The summed E-state index contributed by atoms with van der Waals surface area (Å²) in [5, 5.41) is 18.9. The number of ether oxygens (including phenoxy) is 1. The molecule has 0 spiro atoms. The van der Waals surface area contributed by atoms with E-state index in [9.17, 15) is 19.5 Å². The Morgan fingerprint density at radius 1 is 1.13 bits per heavy atom. The first-order valence-corrected chi connectivity index (χ1v) is 9.44. The Morgan fingerprint density at radius 2 is 1.73 bits per heavy atom. The highest BCUT2D eigenvalue weighted by Gasteiger charge is 2.34. The van der Waals surface area contributed by atoms with Gasteiger partial charge in [-0.3, -0.25) is 14.8 Å². The molecule has 30 heavy (non-hydrogen) atoms. The summed E-state index contributed by atoms with van der Waals surface area (Å²) in [6, 6.07) is 7.18. The second kappa shape index (κ2) is 8.56. The third kappa shape index (κ3) is 6.07. The molecule has 1 aromatic heterocycles. The number of aryl methyl sites for hydroxylation is 1. The molecule has 0 saturated carbocycles. The van der Waals surface area contributed by atoms with Crippen LogP contribution in [0.15, 0.2) is 30.5 Å². The molecular formula is C21H28N4O5. The number of amides is 2. The molecule has 0 fully saturated rings. The van der Waals surface area contributed by atoms with Crippen molar-refractivity contribution in [3.63, 3.8) is 0 Å². The van der Waals surface area contributed by atoms with E-state index in [4.69, 9.17) is 4.74 Å². The van der Waals surface area contributed by atoms with Gasteiger partial charge in [-0.1, -0.05) is 24.3 Å². The van der Waals surface area contributed by atoms with Crippen molar-refractivity contribution in [1.82, 2.24) is 15.1 Å². The van der Waals surface area contributed by atoms with Gasteiger partial charge < -0.3 is 15.2 Å². The van der Waals surface area contributed by atoms with E-state index in [1.54, 1.807) is 50.8 Å². The summed E-state index contributed by atoms with van der Waals surface area (Å²) in [7, 11) is 1.74. The molecule has 0 saturated heterocycles. The summed E-state index contributed by atoms with van der Waals surface area (Å²) in [6.07, 6.45) is 1.28. The molecule has 162 valence electrons. The van der Waals surface area contributed by atoms with Gasteiger partial charge in [0, 0.05) is 32.2 Å². The van der Waals surface area contributed by atoms with Crippen LogP contribution in [0, 0.1) is 0 Å². The standard InChI is InChI=1S/C21H28N4O5/c1-13(26)23-21(5,18(27)28)11-14-7-9-15(10-8-14)16-12-25(6)24-17(16)22-19(29)30-20(2,3)4/h7-10,12H,11H2,1-6H3,(H,23,26)(H,27,28)(H,22,24,29). The number of carboxylic acid groups (broad SMARTS) is 1. The highest BCUT2D eigenvalue weighted by atomic mass is 16.6. The predicted molar refractivity (Wildman–Crippen MR) is 112 cm³/mol. The Hall–Kier alpha value is -3.36. The molecule has 1 aromatic carbocycles. The minimum Gasteiger partial charge on any atom is -0.480 e. The number of nitrogens with one attached hydrogen (secondary N) is 2. The normalized spacial score (nSPS) is 13.3. The average Bonchev–Trinajstić information content (AvgIpc) is 2.93. The second-order valence-electron chi connectivity index (χ2n) is 8.38. The van der Waals surface area contributed by atoms with Crippen LogP contribution < -0.4 is 10.6 Å². The molecule has 9 nitrogen and oxygen atoms in total. The van der Waals surface area contributed by atoms with Crippen molar-refractivity contribution in [2.75, 3.05) is 5.32 Å². The number of carboxylic acids is 1. The molecule has 0 aliphatic carbocycles. The second-order valence-corrected chi connectivity index (χ2v) is 8.38. The summed E-state index contributed by atoms with van der Waals surface area (Å²) in [4.78, 5) is 35.1. The van der Waals surface area contributed by atoms with Gasteiger partial charge in [-0.2, -0.15) is 5.10 Å². The monoisotopic (exact) mass is 416 g/mol. The largest absolute Gasteiger partial charge is 0.480 e. The molecule has 9 heteroatoms. The fourth-order valence-electron chi connectivity index (χ4n) is 2.96. The predicted octanol–water partition coefficient (Wildman–Crippen LogP) is 2.96. The minimum absolute atomic E-state index is 0.123. The van der Waals surface area contributed by atoms with Gasteiger partial charge in [0.1, 0.15) is 11.1 Å². The number of aromatic nitrogens is 2. The number of hydrogen-bond donors (Lipinski definition) is 3. The van der Waals surface area contributed by atoms with Crippen LogP contribution in [-0.4, -0.2) is 44.0 Å². The Balaban J connectivity index is 2.23. The molecule has 2 rings (SSSR count). The smallest absolute Gasteiger partial charge is 0.413 e. The van der Waals surface area contributed by atoms with Crippen LogP contribution in [0.2, 0.25) is 0 Å². The Kier molecular flexibility index (Phi) is 6.54. The van der Waals surface area contributed by atoms with Gasteiger partial charge in [-0.15, -0.1) is 0 Å². The Bertz CT molecular complexity index is 943. The molecule has 0 bridgehead atoms. The minimum atomic E-state index is -1.41. The quantitative estimate of drug-likeness (QED) is 0.665. The topological polar surface area (TPSA) is 123 Å². The lowest BCUT2D eigenvalue weighted by Gasteiger charge is -2.25. The number of aliphatic carboxylic acids is 1. The van der Waals surface area contributed by atoms with E-state index in [0.717, 1.165) is 11.1 Å². The van der Waals surface area contributed by atoms with Crippen LogP contribution >= 0.6 is 0 Å². The molecule has 0 aliphatic rings. The highest BCUT2D eigenvalue weighted by molar-refractivity contribution is 5.90. The van der Waals surface area contributed by atoms with Crippen LogP contribution in [0.4, 0.5) is 10.6 Å². The summed E-state index contributed by atoms with van der Waals surface area (Å²) in [6.45, 7) is 8.07. The number of anilines is 1. The number of rotatable bonds is 6. The van der Waals surface area contributed by atoms with Crippen molar-refractivity contribution in [3.8, 4) is 11.1 Å². The fourth-order valence-corrected chi connectivity index (χ4v) is 2.96. The Labute approximate surface area is 175 Å². The van der Waals surface area contributed by atoms with Gasteiger partial charge in [0.25, 0.3) is 0 Å². The van der Waals surface area contributed by atoms with Crippen molar-refractivity contribution in [2.24, 2.45) is 7.05 Å². The maximum absolute atomic E-state index is 12.1. The van der Waals surface area contributed by atoms with Crippen LogP contribution in [-0.2, 0) is 27.8 Å². The number of carbonyl (C=O) groups excluding carboxylic acids is 2. The Morgan fingerprint density at radius 3 is 2.23 bits per heavy atom. The molecule has 1 atom stereocenters. The van der Waals surface area contributed by atoms with Gasteiger partial charge in [-0.05, 0) is 38.8 Å². The zero-order chi connectivity index (χ0) is 22.7. The first-order valence-electron chi connectivity index (χ1n) is 9.44. The molecule has 1 heterocycles. The number of carbonyl (C=O) groups is 3. The zero-order valence-electron chi connectivity index (χ0n) is 18.1. The van der Waals surface area contributed by atoms with E-state index < -0.39 is 29.1 Å². The maximum Gasteiger partial charge on any atom is 0.413 e. The summed E-state index contributed by atoms with van der Waals surface area (Å²) >= 11 is 0. The van der Waals surface area contributed by atoms with E-state index in [1.807, 2.05) is 12.1 Å². The lowest BCUT2D eigenvalue weighted by Crippen LogP contribution is -2.53. The lowest BCUT2D eigenvalue weighted by molar-refractivity contribution is -0.146. The molecule has 0 aliphatic heterocycles. The van der Waals surface area contributed by atoms with E-state index in [-0.39, 0.29) is 6.42 Å². The van der Waals surface area contributed by atoms with E-state index in [0.29, 0.717) is 11.4 Å². The van der Waals surface area contributed by atoms with Crippen molar-refractivity contribution >= 4 is 23.8 Å². The van der Waals surface area contributed by atoms with E-state index in [2.05, 4.69) is 15.7 Å². The van der Waals surface area contributed by atoms with Crippen LogP contribution in [0.3, 0.4) is 0 Å². The molecular weight excluding hydrogens is 388 g/mol. The molecule has 0 radical (unpaired) electrons. The van der Waals surface area contributed by atoms with Crippen molar-refractivity contribution in [3.05, 3.63) is 36.0 Å². The molecule has 2 aromatic rings. The van der Waals surface area contributed by atoms with E-state index >= 15 is 0 Å². The first-order chi connectivity index (χ1) is 13.8. The lowest BCUT2D eigenvalue weighted by atomic mass is 9.92. The van der Waals surface area contributed by atoms with Crippen molar-refractivity contribution in [1.29, 1.82) is 0 Å². The molecule has 2 amide bonds. The molecule has 3 N–H and O–H groups in total. The SMILES string of the molecule is CC(=O)NC(C)(Cc1ccc(-c2cn(C)nc2NC(=O)OC(C)(C)C)cc1)C(=O)O. The fraction of sp³-hybridized carbons (Fsp3) is 0.429. The van der Waals surface area contributed by atoms with Gasteiger partial charge in [0.15, 0.2) is 5.82 Å². The summed E-state index contributed by atoms with van der Waals surface area (Å²) < 4.78 is 6.86. The first kappa shape index (κ1) is 22.9. The molecule has 1 unspecified atom stereocenters.